The summed E-state index contributed by atoms with van der Waals surface area (Å²) in [5.41, 5.74) is 8.01. The van der Waals surface area contributed by atoms with E-state index in [4.69, 9.17) is 14.8 Å². The van der Waals surface area contributed by atoms with E-state index in [2.05, 4.69) is 38.1 Å². The van der Waals surface area contributed by atoms with Crippen LogP contribution in [-0.4, -0.2) is 23.4 Å². The fourth-order valence-electron chi connectivity index (χ4n) is 4.81. The van der Waals surface area contributed by atoms with E-state index in [0.717, 1.165) is 12.8 Å². The van der Waals surface area contributed by atoms with Crippen molar-refractivity contribution in [3.05, 3.63) is 59.7 Å². The number of hydrogen-bond donors (Lipinski definition) is 2. The molecule has 2 aromatic carbocycles. The second-order valence-corrected chi connectivity index (χ2v) is 13.5. The molecule has 3 N–H and O–H groups in total. The summed E-state index contributed by atoms with van der Waals surface area (Å²) in [6.45, 7) is 6.23. The lowest BCUT2D eigenvalue weighted by Gasteiger charge is -2.28. The van der Waals surface area contributed by atoms with Crippen molar-refractivity contribution in [3.8, 4) is 11.5 Å². The molecule has 0 saturated carbocycles. The van der Waals surface area contributed by atoms with Crippen molar-refractivity contribution in [1.82, 2.24) is 0 Å². The largest absolute Gasteiger partial charge is 0.430 e. The Bertz CT molecular complexity index is 891. The predicted octanol–water partition coefficient (Wildman–Crippen LogP) is 9.63. The summed E-state index contributed by atoms with van der Waals surface area (Å²) < 4.78 is 26.1. The molecule has 6 heteroatoms. The molecule has 0 saturated heterocycles. The second-order valence-electron chi connectivity index (χ2n) is 11.5. The molecule has 2 rings (SSSR count). The van der Waals surface area contributed by atoms with Gasteiger partial charge in [0.15, 0.2) is 0 Å². The van der Waals surface area contributed by atoms with E-state index in [0.29, 0.717) is 24.3 Å². The Morgan fingerprint density at radius 1 is 0.675 bits per heavy atom. The van der Waals surface area contributed by atoms with Crippen LogP contribution in [0.25, 0.3) is 0 Å². The number of aryl methyl sites for hydroxylation is 2. The lowest BCUT2D eigenvalue weighted by atomic mass is 9.96. The molecular weight excluding hydrogens is 517 g/mol. The quantitative estimate of drug-likeness (QED) is 0.102. The highest BCUT2D eigenvalue weighted by Crippen LogP contribution is 2.50. The normalized spacial score (nSPS) is 13.2. The minimum Gasteiger partial charge on any atom is -0.416 e. The van der Waals surface area contributed by atoms with Crippen molar-refractivity contribution in [1.29, 1.82) is 0 Å². The highest BCUT2D eigenvalue weighted by atomic mass is 31.2. The molecule has 0 aliphatic rings. The van der Waals surface area contributed by atoms with Crippen LogP contribution >= 0.6 is 7.60 Å². The molecule has 1 unspecified atom stereocenters. The first-order valence-electron chi connectivity index (χ1n) is 15.9. The van der Waals surface area contributed by atoms with E-state index in [-0.39, 0.29) is 12.8 Å². The third kappa shape index (κ3) is 13.7. The number of unbranched alkanes of at least 4 members (excludes halogenated alkanes) is 10. The molecule has 0 bridgehead atoms. The summed E-state index contributed by atoms with van der Waals surface area (Å²) in [6.07, 6.45) is 18.4. The maximum atomic E-state index is 14.0. The molecule has 0 spiro atoms. The molecule has 5 nitrogen and oxygen atoms in total. The van der Waals surface area contributed by atoms with Gasteiger partial charge < -0.3 is 19.9 Å². The molecule has 0 amide bonds. The summed E-state index contributed by atoms with van der Waals surface area (Å²) in [7, 11) is -3.58. The topological polar surface area (TPSA) is 81.8 Å². The molecule has 0 heterocycles. The molecular formula is C34H56NO4P. The van der Waals surface area contributed by atoms with Gasteiger partial charge in [0, 0.05) is 5.54 Å². The minimum atomic E-state index is -3.58. The number of rotatable bonds is 23. The lowest BCUT2D eigenvalue weighted by Crippen LogP contribution is -2.43. The monoisotopic (exact) mass is 573 g/mol. The molecule has 0 aliphatic carbocycles. The standard InChI is InChI=1S/C34H56NO4P/c1-4-7-9-11-13-15-17-30-19-23-32(24-20-30)38-40(37,28-27-34(35,6-3)29-36)39-33-25-21-31(22-26-33)18-16-14-12-10-8-5-2/h19-26,36H,4-18,27-29,35H2,1-3H3. The van der Waals surface area contributed by atoms with E-state index < -0.39 is 13.1 Å². The van der Waals surface area contributed by atoms with Gasteiger partial charge >= 0.3 is 7.60 Å². The van der Waals surface area contributed by atoms with Gasteiger partial charge in [-0.3, -0.25) is 0 Å². The Kier molecular flexibility index (Phi) is 16.6. The summed E-state index contributed by atoms with van der Waals surface area (Å²) >= 11 is 0. The molecule has 226 valence electrons. The van der Waals surface area contributed by atoms with E-state index >= 15 is 0 Å². The third-order valence-corrected chi connectivity index (χ3v) is 9.63. The maximum absolute atomic E-state index is 14.0. The Hall–Kier alpha value is -1.81. The van der Waals surface area contributed by atoms with Crippen LogP contribution in [0.3, 0.4) is 0 Å². The predicted molar refractivity (Wildman–Crippen MR) is 170 cm³/mol. The second kappa shape index (κ2) is 19.3. The zero-order valence-corrected chi connectivity index (χ0v) is 26.4. The van der Waals surface area contributed by atoms with Crippen LogP contribution in [0.4, 0.5) is 0 Å². The lowest BCUT2D eigenvalue weighted by molar-refractivity contribution is 0.186. The van der Waals surface area contributed by atoms with Crippen LogP contribution in [0.15, 0.2) is 48.5 Å². The van der Waals surface area contributed by atoms with Gasteiger partial charge in [0.25, 0.3) is 0 Å². The van der Waals surface area contributed by atoms with Crippen LogP contribution in [-0.2, 0) is 17.4 Å². The maximum Gasteiger partial charge on any atom is 0.430 e. The average Bonchev–Trinajstić information content (AvgIpc) is 2.97. The molecule has 1 atom stereocenters. The molecule has 0 radical (unpaired) electrons. The number of hydrogen-bond acceptors (Lipinski definition) is 5. The fraction of sp³-hybridized carbons (Fsp3) is 0.647. The number of aliphatic hydroxyl groups excluding tert-OH is 1. The van der Waals surface area contributed by atoms with Crippen molar-refractivity contribution in [2.75, 3.05) is 12.8 Å². The van der Waals surface area contributed by atoms with Gasteiger partial charge in [-0.2, -0.15) is 0 Å². The summed E-state index contributed by atoms with van der Waals surface area (Å²) in [6, 6.07) is 15.7. The fourth-order valence-corrected chi connectivity index (χ4v) is 6.64. The van der Waals surface area contributed by atoms with E-state index in [1.165, 1.54) is 88.2 Å². The molecule has 40 heavy (non-hydrogen) atoms. The zero-order valence-electron chi connectivity index (χ0n) is 25.5. The van der Waals surface area contributed by atoms with Crippen molar-refractivity contribution in [3.63, 3.8) is 0 Å². The highest BCUT2D eigenvalue weighted by Gasteiger charge is 2.33. The first-order valence-corrected chi connectivity index (χ1v) is 17.6. The van der Waals surface area contributed by atoms with E-state index in [9.17, 15) is 9.67 Å². The zero-order chi connectivity index (χ0) is 29.1. The van der Waals surface area contributed by atoms with Gasteiger partial charge in [-0.1, -0.05) is 109 Å². The first kappa shape index (κ1) is 34.4. The van der Waals surface area contributed by atoms with Crippen molar-refractivity contribution >= 4 is 7.60 Å². The van der Waals surface area contributed by atoms with Crippen LogP contribution in [0.2, 0.25) is 0 Å². The van der Waals surface area contributed by atoms with Crippen LogP contribution in [0, 0.1) is 0 Å². The van der Waals surface area contributed by atoms with Crippen molar-refractivity contribution in [2.24, 2.45) is 5.73 Å². The first-order chi connectivity index (χ1) is 19.3. The van der Waals surface area contributed by atoms with Gasteiger partial charge in [0.05, 0.1) is 12.8 Å². The van der Waals surface area contributed by atoms with Crippen LogP contribution < -0.4 is 14.8 Å². The van der Waals surface area contributed by atoms with Gasteiger partial charge in [0.1, 0.15) is 11.5 Å². The van der Waals surface area contributed by atoms with Gasteiger partial charge in [-0.15, -0.1) is 0 Å². The Morgan fingerprint density at radius 3 is 1.45 bits per heavy atom. The summed E-state index contributed by atoms with van der Waals surface area (Å²) in [4.78, 5) is 0. The molecule has 0 aliphatic heterocycles. The van der Waals surface area contributed by atoms with Gasteiger partial charge in [0.2, 0.25) is 0 Å². The average molecular weight is 574 g/mol. The van der Waals surface area contributed by atoms with Crippen molar-refractivity contribution in [2.45, 2.75) is 129 Å². The SMILES string of the molecule is CCCCCCCCc1ccc(OP(=O)(CCC(N)(CC)CO)Oc2ccc(CCCCCCCC)cc2)cc1. The highest BCUT2D eigenvalue weighted by molar-refractivity contribution is 7.54. The van der Waals surface area contributed by atoms with Crippen molar-refractivity contribution < 1.29 is 18.7 Å². The Balaban J connectivity index is 2.00. The van der Waals surface area contributed by atoms with E-state index in [1.54, 1.807) is 0 Å². The minimum absolute atomic E-state index is 0.122. The Morgan fingerprint density at radius 2 is 1.07 bits per heavy atom. The Labute approximate surface area is 244 Å². The number of benzene rings is 2. The third-order valence-electron chi connectivity index (χ3n) is 7.88. The molecule has 2 aromatic rings. The number of aliphatic hydroxyl groups is 1. The number of nitrogens with two attached hydrogens (primary N) is 1. The van der Waals surface area contributed by atoms with Gasteiger partial charge in [-0.05, 0) is 73.9 Å². The summed E-state index contributed by atoms with van der Waals surface area (Å²) in [5.74, 6) is 1.05. The van der Waals surface area contributed by atoms with Gasteiger partial charge in [-0.25, -0.2) is 4.57 Å². The smallest absolute Gasteiger partial charge is 0.416 e. The van der Waals surface area contributed by atoms with E-state index in [1.807, 2.05) is 31.2 Å². The van der Waals surface area contributed by atoms with Crippen LogP contribution in [0.1, 0.15) is 122 Å². The van der Waals surface area contributed by atoms with Crippen LogP contribution in [0.5, 0.6) is 11.5 Å². The molecule has 0 aromatic heterocycles. The summed E-state index contributed by atoms with van der Waals surface area (Å²) in [5, 5.41) is 9.79. The molecule has 0 fully saturated rings.